The van der Waals surface area contributed by atoms with E-state index in [0.717, 1.165) is 22.4 Å². The summed E-state index contributed by atoms with van der Waals surface area (Å²) in [6, 6.07) is 11.4. The number of aryl methyl sites for hydroxylation is 1. The van der Waals surface area contributed by atoms with E-state index in [9.17, 15) is 4.79 Å². The molecule has 0 aliphatic carbocycles. The predicted octanol–water partition coefficient (Wildman–Crippen LogP) is 4.75. The Morgan fingerprint density at radius 2 is 1.88 bits per heavy atom. The van der Waals surface area contributed by atoms with Crippen molar-refractivity contribution in [2.45, 2.75) is 33.8 Å². The molecule has 0 spiro atoms. The van der Waals surface area contributed by atoms with Gasteiger partial charge in [0, 0.05) is 11.8 Å². The monoisotopic (exact) mass is 339 g/mol. The van der Waals surface area contributed by atoms with Gasteiger partial charge in [-0.15, -0.1) is 0 Å². The van der Waals surface area contributed by atoms with Crippen LogP contribution in [0.3, 0.4) is 0 Å². The molecule has 0 aromatic heterocycles. The van der Waals surface area contributed by atoms with Crippen LogP contribution in [-0.2, 0) is 4.79 Å². The molecule has 2 aromatic rings. The number of nitrogens with one attached hydrogen (secondary N) is 1. The van der Waals surface area contributed by atoms with Crippen LogP contribution in [0, 0.1) is 13.8 Å². The summed E-state index contributed by atoms with van der Waals surface area (Å²) in [4.78, 5) is 12.2. The second-order valence-electron chi connectivity index (χ2n) is 6.15. The number of amides is 1. The largest absolute Gasteiger partial charge is 0.493 e. The first-order valence-corrected chi connectivity index (χ1v) is 8.30. The van der Waals surface area contributed by atoms with Crippen molar-refractivity contribution in [1.29, 1.82) is 0 Å². The minimum atomic E-state index is -0.171. The van der Waals surface area contributed by atoms with Gasteiger partial charge in [-0.1, -0.05) is 18.2 Å². The summed E-state index contributed by atoms with van der Waals surface area (Å²) in [5.41, 5.74) is 3.91. The van der Waals surface area contributed by atoms with Crippen LogP contribution in [0.2, 0.25) is 0 Å². The minimum absolute atomic E-state index is 0.0682. The molecule has 0 saturated heterocycles. The van der Waals surface area contributed by atoms with Gasteiger partial charge in [-0.05, 0) is 68.7 Å². The Hall–Kier alpha value is -2.75. The molecule has 0 heterocycles. The SMILES string of the molecule is COc1cc(C=CC(=O)Nc2cccc(C)c2C)ccc1OC(C)C. The van der Waals surface area contributed by atoms with E-state index in [0.29, 0.717) is 11.5 Å². The molecule has 0 fully saturated rings. The molecule has 0 atom stereocenters. The van der Waals surface area contributed by atoms with E-state index in [1.807, 2.05) is 64.1 Å². The Kier molecular flexibility index (Phi) is 6.23. The lowest BCUT2D eigenvalue weighted by Gasteiger charge is -2.13. The fourth-order valence-electron chi connectivity index (χ4n) is 2.37. The lowest BCUT2D eigenvalue weighted by atomic mass is 10.1. The summed E-state index contributed by atoms with van der Waals surface area (Å²) in [7, 11) is 1.60. The van der Waals surface area contributed by atoms with E-state index in [2.05, 4.69) is 5.32 Å². The van der Waals surface area contributed by atoms with E-state index in [4.69, 9.17) is 9.47 Å². The van der Waals surface area contributed by atoms with Gasteiger partial charge in [-0.2, -0.15) is 0 Å². The molecule has 0 aliphatic heterocycles. The predicted molar refractivity (Wildman–Crippen MR) is 102 cm³/mol. The topological polar surface area (TPSA) is 47.6 Å². The molecule has 0 bridgehead atoms. The average Bonchev–Trinajstić information content (AvgIpc) is 2.57. The van der Waals surface area contributed by atoms with Crippen molar-refractivity contribution in [2.24, 2.45) is 0 Å². The Morgan fingerprint density at radius 3 is 2.56 bits per heavy atom. The number of hydrogen-bond acceptors (Lipinski definition) is 3. The number of methoxy groups -OCH3 is 1. The fraction of sp³-hybridized carbons (Fsp3) is 0.286. The fourth-order valence-corrected chi connectivity index (χ4v) is 2.37. The molecular formula is C21H25NO3. The highest BCUT2D eigenvalue weighted by Crippen LogP contribution is 2.29. The van der Waals surface area contributed by atoms with E-state index in [1.54, 1.807) is 13.2 Å². The Labute approximate surface area is 149 Å². The average molecular weight is 339 g/mol. The normalized spacial score (nSPS) is 11.0. The second kappa shape index (κ2) is 8.38. The summed E-state index contributed by atoms with van der Waals surface area (Å²) in [6.07, 6.45) is 3.33. The van der Waals surface area contributed by atoms with Crippen LogP contribution in [0.1, 0.15) is 30.5 Å². The van der Waals surface area contributed by atoms with E-state index in [-0.39, 0.29) is 12.0 Å². The van der Waals surface area contributed by atoms with Crippen LogP contribution in [-0.4, -0.2) is 19.1 Å². The highest BCUT2D eigenvalue weighted by atomic mass is 16.5. The third-order valence-corrected chi connectivity index (χ3v) is 3.84. The highest BCUT2D eigenvalue weighted by Gasteiger charge is 2.07. The van der Waals surface area contributed by atoms with E-state index < -0.39 is 0 Å². The van der Waals surface area contributed by atoms with Gasteiger partial charge in [-0.25, -0.2) is 0 Å². The second-order valence-corrected chi connectivity index (χ2v) is 6.15. The van der Waals surface area contributed by atoms with Gasteiger partial charge in [0.15, 0.2) is 11.5 Å². The summed E-state index contributed by atoms with van der Waals surface area (Å²) < 4.78 is 11.1. The van der Waals surface area contributed by atoms with Crippen molar-refractivity contribution < 1.29 is 14.3 Å². The molecule has 2 aromatic carbocycles. The van der Waals surface area contributed by atoms with Crippen molar-refractivity contribution >= 4 is 17.7 Å². The van der Waals surface area contributed by atoms with Crippen LogP contribution in [0.5, 0.6) is 11.5 Å². The first kappa shape index (κ1) is 18.6. The van der Waals surface area contributed by atoms with Gasteiger partial charge >= 0.3 is 0 Å². The molecule has 1 amide bonds. The molecule has 1 N–H and O–H groups in total. The lowest BCUT2D eigenvalue weighted by molar-refractivity contribution is -0.111. The molecule has 132 valence electrons. The standard InChI is InChI=1S/C21H25NO3/c1-14(2)25-19-11-9-17(13-20(19)24-5)10-12-21(23)22-18-8-6-7-15(3)16(18)4/h6-14H,1-5H3,(H,22,23). The molecule has 2 rings (SSSR count). The maximum absolute atomic E-state index is 12.2. The van der Waals surface area contributed by atoms with Gasteiger partial charge in [-0.3, -0.25) is 4.79 Å². The van der Waals surface area contributed by atoms with Crippen LogP contribution in [0.15, 0.2) is 42.5 Å². The number of hydrogen-bond donors (Lipinski definition) is 1. The van der Waals surface area contributed by atoms with Gasteiger partial charge in [0.25, 0.3) is 0 Å². The third kappa shape index (κ3) is 5.11. The Bertz CT molecular complexity index is 779. The Morgan fingerprint density at radius 1 is 1.12 bits per heavy atom. The molecule has 25 heavy (non-hydrogen) atoms. The molecule has 4 heteroatoms. The maximum atomic E-state index is 12.2. The number of ether oxygens (including phenoxy) is 2. The van der Waals surface area contributed by atoms with Gasteiger partial charge in [0.1, 0.15) is 0 Å². The van der Waals surface area contributed by atoms with Gasteiger partial charge < -0.3 is 14.8 Å². The molecule has 0 saturated carbocycles. The van der Waals surface area contributed by atoms with Crippen molar-refractivity contribution in [3.63, 3.8) is 0 Å². The number of carbonyl (C=O) groups excluding carboxylic acids is 1. The zero-order valence-electron chi connectivity index (χ0n) is 15.4. The summed E-state index contributed by atoms with van der Waals surface area (Å²) in [5.74, 6) is 1.16. The van der Waals surface area contributed by atoms with Gasteiger partial charge in [0.05, 0.1) is 13.2 Å². The van der Waals surface area contributed by atoms with Gasteiger partial charge in [0.2, 0.25) is 5.91 Å². The van der Waals surface area contributed by atoms with Crippen molar-refractivity contribution in [3.05, 3.63) is 59.2 Å². The Balaban J connectivity index is 2.10. The first-order valence-electron chi connectivity index (χ1n) is 8.30. The summed E-state index contributed by atoms with van der Waals surface area (Å²) in [5, 5.41) is 2.91. The minimum Gasteiger partial charge on any atom is -0.493 e. The van der Waals surface area contributed by atoms with Crippen LogP contribution >= 0.6 is 0 Å². The van der Waals surface area contributed by atoms with Crippen molar-refractivity contribution in [2.75, 3.05) is 12.4 Å². The third-order valence-electron chi connectivity index (χ3n) is 3.84. The number of carbonyl (C=O) groups is 1. The molecule has 4 nitrogen and oxygen atoms in total. The van der Waals surface area contributed by atoms with E-state index >= 15 is 0 Å². The zero-order chi connectivity index (χ0) is 18.4. The van der Waals surface area contributed by atoms with E-state index in [1.165, 1.54) is 6.08 Å². The summed E-state index contributed by atoms with van der Waals surface area (Å²) in [6.45, 7) is 7.94. The summed E-state index contributed by atoms with van der Waals surface area (Å²) >= 11 is 0. The first-order chi connectivity index (χ1) is 11.9. The van der Waals surface area contributed by atoms with Crippen molar-refractivity contribution in [1.82, 2.24) is 0 Å². The zero-order valence-corrected chi connectivity index (χ0v) is 15.4. The number of benzene rings is 2. The van der Waals surface area contributed by atoms with Crippen molar-refractivity contribution in [3.8, 4) is 11.5 Å². The molecule has 0 aliphatic rings. The van der Waals surface area contributed by atoms with Crippen LogP contribution < -0.4 is 14.8 Å². The number of rotatable bonds is 6. The molecule has 0 unspecified atom stereocenters. The van der Waals surface area contributed by atoms with Crippen LogP contribution in [0.4, 0.5) is 5.69 Å². The smallest absolute Gasteiger partial charge is 0.248 e. The lowest BCUT2D eigenvalue weighted by Crippen LogP contribution is -2.09. The molecular weight excluding hydrogens is 314 g/mol. The maximum Gasteiger partial charge on any atom is 0.248 e. The highest BCUT2D eigenvalue weighted by molar-refractivity contribution is 6.02. The van der Waals surface area contributed by atoms with Crippen LogP contribution in [0.25, 0.3) is 6.08 Å². The number of anilines is 1. The molecule has 0 radical (unpaired) electrons. The quantitative estimate of drug-likeness (QED) is 0.773.